The molecule has 140 valence electrons. The van der Waals surface area contributed by atoms with Crippen LogP contribution < -0.4 is 14.8 Å². The van der Waals surface area contributed by atoms with Crippen LogP contribution in [0.1, 0.15) is 27.3 Å². The number of ether oxygens (including phenoxy) is 2. The monoisotopic (exact) mass is 383 g/mol. The van der Waals surface area contributed by atoms with Gasteiger partial charge in [0.15, 0.2) is 0 Å². The number of rotatable bonds is 6. The van der Waals surface area contributed by atoms with Gasteiger partial charge < -0.3 is 14.8 Å². The van der Waals surface area contributed by atoms with Gasteiger partial charge in [-0.05, 0) is 38.1 Å². The summed E-state index contributed by atoms with van der Waals surface area (Å²) < 4.78 is 10.6. The van der Waals surface area contributed by atoms with Crippen molar-refractivity contribution in [3.63, 3.8) is 0 Å². The van der Waals surface area contributed by atoms with Crippen LogP contribution in [0.25, 0.3) is 10.6 Å². The van der Waals surface area contributed by atoms with Gasteiger partial charge in [0.1, 0.15) is 22.2 Å². The lowest BCUT2D eigenvalue weighted by Crippen LogP contribution is -2.24. The minimum Gasteiger partial charge on any atom is -0.497 e. The molecule has 1 amide bonds. The molecule has 2 aromatic heterocycles. The molecular formula is C20H21N3O3S. The van der Waals surface area contributed by atoms with Crippen LogP contribution in [0.15, 0.2) is 35.8 Å². The fourth-order valence-corrected chi connectivity index (χ4v) is 3.55. The maximum Gasteiger partial charge on any atom is 0.271 e. The van der Waals surface area contributed by atoms with E-state index >= 15 is 0 Å². The molecule has 0 radical (unpaired) electrons. The van der Waals surface area contributed by atoms with Gasteiger partial charge in [0, 0.05) is 28.3 Å². The van der Waals surface area contributed by atoms with E-state index in [2.05, 4.69) is 15.3 Å². The van der Waals surface area contributed by atoms with E-state index in [1.807, 2.05) is 38.1 Å². The molecule has 1 N–H and O–H groups in total. The molecule has 0 aliphatic carbocycles. The van der Waals surface area contributed by atoms with Crippen molar-refractivity contribution in [1.29, 1.82) is 0 Å². The van der Waals surface area contributed by atoms with Crippen LogP contribution in [0.4, 0.5) is 0 Å². The van der Waals surface area contributed by atoms with Gasteiger partial charge in [-0.1, -0.05) is 0 Å². The first-order valence-electron chi connectivity index (χ1n) is 8.40. The third-order valence-corrected chi connectivity index (χ3v) is 5.13. The Morgan fingerprint density at radius 3 is 2.56 bits per heavy atom. The van der Waals surface area contributed by atoms with Gasteiger partial charge in [-0.2, -0.15) is 0 Å². The fraction of sp³-hybridized carbons (Fsp3) is 0.250. The van der Waals surface area contributed by atoms with E-state index in [0.717, 1.165) is 38.9 Å². The average Bonchev–Trinajstić information content (AvgIpc) is 3.18. The maximum atomic E-state index is 12.4. The zero-order valence-corrected chi connectivity index (χ0v) is 16.5. The fourth-order valence-electron chi connectivity index (χ4n) is 2.75. The summed E-state index contributed by atoms with van der Waals surface area (Å²) in [5, 5.41) is 5.42. The Morgan fingerprint density at radius 1 is 1.15 bits per heavy atom. The van der Waals surface area contributed by atoms with Crippen molar-refractivity contribution in [2.45, 2.75) is 20.4 Å². The highest BCUT2D eigenvalue weighted by Gasteiger charge is 2.14. The molecule has 0 spiro atoms. The molecule has 2 heterocycles. The van der Waals surface area contributed by atoms with E-state index in [0.29, 0.717) is 12.2 Å². The Kier molecular flexibility index (Phi) is 5.71. The number of hydrogen-bond acceptors (Lipinski definition) is 6. The molecule has 3 aromatic rings. The van der Waals surface area contributed by atoms with Crippen LogP contribution in [-0.4, -0.2) is 30.1 Å². The number of thiazole rings is 1. The average molecular weight is 383 g/mol. The summed E-state index contributed by atoms with van der Waals surface area (Å²) in [6, 6.07) is 7.59. The van der Waals surface area contributed by atoms with Gasteiger partial charge in [0.2, 0.25) is 0 Å². The molecule has 0 atom stereocenters. The molecular weight excluding hydrogens is 362 g/mol. The molecule has 0 aliphatic rings. The summed E-state index contributed by atoms with van der Waals surface area (Å²) in [4.78, 5) is 21.3. The first-order chi connectivity index (χ1) is 13.0. The second kappa shape index (κ2) is 8.18. The third-order valence-electron chi connectivity index (χ3n) is 4.24. The Balaban J connectivity index is 1.69. The number of aryl methyl sites for hydroxylation is 1. The molecule has 0 unspecified atom stereocenters. The van der Waals surface area contributed by atoms with Gasteiger partial charge in [-0.25, -0.2) is 4.98 Å². The van der Waals surface area contributed by atoms with Crippen molar-refractivity contribution in [2.24, 2.45) is 0 Å². The summed E-state index contributed by atoms with van der Waals surface area (Å²) in [7, 11) is 3.26. The van der Waals surface area contributed by atoms with E-state index in [9.17, 15) is 4.79 Å². The second-order valence-electron chi connectivity index (χ2n) is 6.00. The molecule has 27 heavy (non-hydrogen) atoms. The highest BCUT2D eigenvalue weighted by molar-refractivity contribution is 7.13. The largest absolute Gasteiger partial charge is 0.497 e. The zero-order valence-electron chi connectivity index (χ0n) is 15.7. The Bertz CT molecular complexity index is 952. The van der Waals surface area contributed by atoms with Crippen LogP contribution in [0, 0.1) is 13.8 Å². The van der Waals surface area contributed by atoms with Crippen molar-refractivity contribution in [2.75, 3.05) is 14.2 Å². The number of nitrogens with zero attached hydrogens (tertiary/aromatic N) is 2. The van der Waals surface area contributed by atoms with Crippen molar-refractivity contribution in [3.05, 3.63) is 58.4 Å². The van der Waals surface area contributed by atoms with Gasteiger partial charge in [-0.15, -0.1) is 11.3 Å². The molecule has 0 aliphatic heterocycles. The van der Waals surface area contributed by atoms with Crippen LogP contribution in [0.5, 0.6) is 11.5 Å². The number of benzene rings is 1. The molecule has 0 fully saturated rings. The van der Waals surface area contributed by atoms with Gasteiger partial charge in [0.05, 0.1) is 26.5 Å². The molecule has 7 heteroatoms. The number of carbonyl (C=O) groups is 1. The zero-order chi connectivity index (χ0) is 19.4. The predicted octanol–water partition coefficient (Wildman–Crippen LogP) is 3.77. The standard InChI is InChI=1S/C20H21N3O3S/c1-12-9-21-16(13(2)18(12)26-4)10-22-19(24)17-11-27-20(23-17)14-5-7-15(25-3)8-6-14/h5-9,11H,10H2,1-4H3,(H,22,24). The Hall–Kier alpha value is -2.93. The second-order valence-corrected chi connectivity index (χ2v) is 6.85. The van der Waals surface area contributed by atoms with Crippen molar-refractivity contribution in [3.8, 4) is 22.1 Å². The number of hydrogen-bond donors (Lipinski definition) is 1. The lowest BCUT2D eigenvalue weighted by molar-refractivity contribution is 0.0946. The topological polar surface area (TPSA) is 73.3 Å². The van der Waals surface area contributed by atoms with E-state index < -0.39 is 0 Å². The Morgan fingerprint density at radius 2 is 1.89 bits per heavy atom. The van der Waals surface area contributed by atoms with Crippen LogP contribution in [0.2, 0.25) is 0 Å². The SMILES string of the molecule is COc1ccc(-c2nc(C(=O)NCc3ncc(C)c(OC)c3C)cs2)cc1. The first kappa shape index (κ1) is 18.8. The van der Waals surface area contributed by atoms with Crippen LogP contribution in [-0.2, 0) is 6.54 Å². The lowest BCUT2D eigenvalue weighted by Gasteiger charge is -2.12. The molecule has 1 aromatic carbocycles. The van der Waals surface area contributed by atoms with Crippen LogP contribution in [0.3, 0.4) is 0 Å². The highest BCUT2D eigenvalue weighted by Crippen LogP contribution is 2.26. The predicted molar refractivity (Wildman–Crippen MR) is 106 cm³/mol. The van der Waals surface area contributed by atoms with Gasteiger partial charge in [0.25, 0.3) is 5.91 Å². The first-order valence-corrected chi connectivity index (χ1v) is 9.28. The van der Waals surface area contributed by atoms with Crippen LogP contribution >= 0.6 is 11.3 Å². The smallest absolute Gasteiger partial charge is 0.271 e. The van der Waals surface area contributed by atoms with E-state index in [4.69, 9.17) is 9.47 Å². The molecule has 0 saturated carbocycles. The number of aromatic nitrogens is 2. The number of pyridine rings is 1. The maximum absolute atomic E-state index is 12.4. The summed E-state index contributed by atoms with van der Waals surface area (Å²) in [5.41, 5.74) is 4.00. The minimum absolute atomic E-state index is 0.230. The highest BCUT2D eigenvalue weighted by atomic mass is 32.1. The van der Waals surface area contributed by atoms with E-state index in [1.54, 1.807) is 25.8 Å². The number of methoxy groups -OCH3 is 2. The van der Waals surface area contributed by atoms with Crippen molar-refractivity contribution >= 4 is 17.2 Å². The molecule has 0 bridgehead atoms. The quantitative estimate of drug-likeness (QED) is 0.701. The minimum atomic E-state index is -0.230. The number of nitrogens with one attached hydrogen (secondary N) is 1. The molecule has 0 saturated heterocycles. The third kappa shape index (κ3) is 4.09. The lowest BCUT2D eigenvalue weighted by atomic mass is 10.1. The summed E-state index contributed by atoms with van der Waals surface area (Å²) in [6.07, 6.45) is 1.75. The van der Waals surface area contributed by atoms with E-state index in [-0.39, 0.29) is 5.91 Å². The van der Waals surface area contributed by atoms with Crippen molar-refractivity contribution in [1.82, 2.24) is 15.3 Å². The summed E-state index contributed by atoms with van der Waals surface area (Å²) in [6.45, 7) is 4.19. The van der Waals surface area contributed by atoms with Gasteiger partial charge in [-0.3, -0.25) is 9.78 Å². The Labute approximate surface area is 162 Å². The van der Waals surface area contributed by atoms with Gasteiger partial charge >= 0.3 is 0 Å². The molecule has 3 rings (SSSR count). The summed E-state index contributed by atoms with van der Waals surface area (Å²) >= 11 is 1.43. The van der Waals surface area contributed by atoms with Crippen molar-refractivity contribution < 1.29 is 14.3 Å². The number of carbonyl (C=O) groups excluding carboxylic acids is 1. The van der Waals surface area contributed by atoms with E-state index in [1.165, 1.54) is 11.3 Å². The molecule has 6 nitrogen and oxygen atoms in total. The normalized spacial score (nSPS) is 10.5. The number of amides is 1. The summed E-state index contributed by atoms with van der Waals surface area (Å²) in [5.74, 6) is 1.35.